The lowest BCUT2D eigenvalue weighted by atomic mass is 9.96. The molecule has 3 heterocycles. The summed E-state index contributed by atoms with van der Waals surface area (Å²) in [5.74, 6) is 0.664. The molecule has 0 aliphatic carbocycles. The molecule has 3 aromatic heterocycles. The first-order chi connectivity index (χ1) is 23.8. The third kappa shape index (κ3) is 4.13. The van der Waals surface area contributed by atoms with Crippen LogP contribution in [0, 0.1) is 0 Å². The number of nitrogens with zero attached hydrogens (tertiary/aromatic N) is 3. The molecule has 0 amide bonds. The van der Waals surface area contributed by atoms with Crippen molar-refractivity contribution in [2.45, 2.75) is 0 Å². The van der Waals surface area contributed by atoms with Crippen LogP contribution in [-0.2, 0) is 0 Å². The highest BCUT2D eigenvalue weighted by Crippen LogP contribution is 2.42. The molecule has 0 bridgehead atoms. The molecule has 0 unspecified atom stereocenters. The summed E-state index contributed by atoms with van der Waals surface area (Å²) < 4.78 is 4.90. The molecular weight excluding hydrogens is 603 g/mol. The Kier molecular flexibility index (Phi) is 6.05. The second-order valence-corrected chi connectivity index (χ2v) is 13.2. The van der Waals surface area contributed by atoms with E-state index in [4.69, 9.17) is 9.97 Å². The van der Waals surface area contributed by atoms with Crippen LogP contribution in [0.15, 0.2) is 164 Å². The van der Waals surface area contributed by atoms with Crippen molar-refractivity contribution in [3.63, 3.8) is 0 Å². The van der Waals surface area contributed by atoms with Gasteiger partial charge in [0, 0.05) is 47.5 Å². The van der Waals surface area contributed by atoms with E-state index >= 15 is 0 Å². The Morgan fingerprint density at radius 3 is 1.94 bits per heavy atom. The summed E-state index contributed by atoms with van der Waals surface area (Å²) in [6, 6.07) is 58.3. The molecular formula is C44H27N3S. The van der Waals surface area contributed by atoms with Crippen LogP contribution >= 0.6 is 11.3 Å². The van der Waals surface area contributed by atoms with Gasteiger partial charge in [0.05, 0.1) is 22.2 Å². The SMILES string of the molecule is c1ccc(-c2nc(-n3c4ccccc4c4cccc(-c5cccc(-c6cccc7c6sc6ccccc67)c5)c43)nc3ccccc23)cc1. The second-order valence-electron chi connectivity index (χ2n) is 12.2. The number of hydrogen-bond acceptors (Lipinski definition) is 3. The minimum Gasteiger partial charge on any atom is -0.277 e. The van der Waals surface area contributed by atoms with E-state index in [0.29, 0.717) is 5.95 Å². The van der Waals surface area contributed by atoms with Gasteiger partial charge in [-0.2, -0.15) is 0 Å². The van der Waals surface area contributed by atoms with Gasteiger partial charge < -0.3 is 0 Å². The molecule has 224 valence electrons. The summed E-state index contributed by atoms with van der Waals surface area (Å²) in [6.07, 6.45) is 0. The van der Waals surface area contributed by atoms with Crippen molar-refractivity contribution < 1.29 is 0 Å². The number of fused-ring (bicyclic) bond motifs is 7. The number of benzene rings is 7. The Morgan fingerprint density at radius 2 is 1.06 bits per heavy atom. The highest BCUT2D eigenvalue weighted by molar-refractivity contribution is 7.26. The van der Waals surface area contributed by atoms with E-state index in [-0.39, 0.29) is 0 Å². The van der Waals surface area contributed by atoms with Gasteiger partial charge in [-0.05, 0) is 41.0 Å². The number of hydrogen-bond donors (Lipinski definition) is 0. The summed E-state index contributed by atoms with van der Waals surface area (Å²) in [6.45, 7) is 0. The summed E-state index contributed by atoms with van der Waals surface area (Å²) in [5, 5.41) is 6.02. The standard InChI is InChI=1S/C44H27N3S/c1-2-13-28(14-3-1)41-37-19-4-7-24-38(37)45-44(46-41)47-39-25-8-5-17-33(39)35-22-11-20-31(42(35)47)29-15-10-16-30(27-29)32-21-12-23-36-34-18-6-9-26-40(34)48-43(32)36/h1-27H. The molecule has 0 saturated heterocycles. The second kappa shape index (κ2) is 10.7. The Labute approximate surface area is 281 Å². The largest absolute Gasteiger partial charge is 0.277 e. The maximum absolute atomic E-state index is 5.32. The van der Waals surface area contributed by atoms with Gasteiger partial charge in [0.15, 0.2) is 0 Å². The van der Waals surface area contributed by atoms with Crippen molar-refractivity contribution in [3.05, 3.63) is 164 Å². The van der Waals surface area contributed by atoms with Crippen molar-refractivity contribution in [1.29, 1.82) is 0 Å². The van der Waals surface area contributed by atoms with E-state index < -0.39 is 0 Å². The average molecular weight is 630 g/mol. The third-order valence-corrected chi connectivity index (χ3v) is 10.6. The Balaban J connectivity index is 1.24. The highest BCUT2D eigenvalue weighted by atomic mass is 32.1. The Hall–Kier alpha value is -6.10. The fourth-order valence-corrected chi connectivity index (χ4v) is 8.51. The van der Waals surface area contributed by atoms with Gasteiger partial charge in [-0.25, -0.2) is 9.97 Å². The zero-order chi connectivity index (χ0) is 31.6. The van der Waals surface area contributed by atoms with Crippen LogP contribution < -0.4 is 0 Å². The van der Waals surface area contributed by atoms with Crippen molar-refractivity contribution in [3.8, 4) is 39.5 Å². The Morgan fingerprint density at radius 1 is 0.438 bits per heavy atom. The van der Waals surface area contributed by atoms with E-state index in [1.165, 1.54) is 42.1 Å². The fourth-order valence-electron chi connectivity index (χ4n) is 7.27. The van der Waals surface area contributed by atoms with Crippen molar-refractivity contribution in [1.82, 2.24) is 14.5 Å². The van der Waals surface area contributed by atoms with E-state index in [1.807, 2.05) is 23.5 Å². The minimum absolute atomic E-state index is 0.664. The predicted molar refractivity (Wildman–Crippen MR) is 203 cm³/mol. The average Bonchev–Trinajstić information content (AvgIpc) is 3.71. The van der Waals surface area contributed by atoms with Crippen molar-refractivity contribution >= 4 is 64.2 Å². The maximum Gasteiger partial charge on any atom is 0.235 e. The molecule has 10 rings (SSSR count). The first-order valence-corrected chi connectivity index (χ1v) is 17.0. The molecule has 0 atom stereocenters. The molecule has 3 nitrogen and oxygen atoms in total. The van der Waals surface area contributed by atoms with Gasteiger partial charge in [0.2, 0.25) is 5.95 Å². The molecule has 10 aromatic rings. The summed E-state index contributed by atoms with van der Waals surface area (Å²) in [4.78, 5) is 10.5. The van der Waals surface area contributed by atoms with Crippen LogP contribution in [0.3, 0.4) is 0 Å². The first-order valence-electron chi connectivity index (χ1n) is 16.2. The zero-order valence-electron chi connectivity index (χ0n) is 25.8. The minimum atomic E-state index is 0.664. The lowest BCUT2D eigenvalue weighted by Crippen LogP contribution is -2.04. The van der Waals surface area contributed by atoms with E-state index in [2.05, 4.69) is 156 Å². The molecule has 7 aromatic carbocycles. The Bertz CT molecular complexity index is 2840. The van der Waals surface area contributed by atoms with Gasteiger partial charge in [0.1, 0.15) is 0 Å². The van der Waals surface area contributed by atoms with Gasteiger partial charge in [0.25, 0.3) is 0 Å². The van der Waals surface area contributed by atoms with E-state index in [9.17, 15) is 0 Å². The number of thiophene rings is 1. The molecule has 0 aliphatic rings. The van der Waals surface area contributed by atoms with Crippen LogP contribution in [0.5, 0.6) is 0 Å². The van der Waals surface area contributed by atoms with Crippen LogP contribution in [0.1, 0.15) is 0 Å². The molecule has 0 fully saturated rings. The summed E-state index contributed by atoms with van der Waals surface area (Å²) >= 11 is 1.87. The van der Waals surface area contributed by atoms with Crippen LogP contribution in [-0.4, -0.2) is 14.5 Å². The molecule has 0 aliphatic heterocycles. The fraction of sp³-hybridized carbons (Fsp3) is 0. The summed E-state index contributed by atoms with van der Waals surface area (Å²) in [7, 11) is 0. The monoisotopic (exact) mass is 629 g/mol. The number of rotatable bonds is 4. The van der Waals surface area contributed by atoms with Crippen molar-refractivity contribution in [2.75, 3.05) is 0 Å². The number of aromatic nitrogens is 3. The summed E-state index contributed by atoms with van der Waals surface area (Å²) in [5.41, 5.74) is 9.87. The number of para-hydroxylation sites is 3. The van der Waals surface area contributed by atoms with Gasteiger partial charge >= 0.3 is 0 Å². The van der Waals surface area contributed by atoms with Crippen LogP contribution in [0.2, 0.25) is 0 Å². The van der Waals surface area contributed by atoms with E-state index in [0.717, 1.165) is 44.3 Å². The molecule has 4 heteroatoms. The molecule has 48 heavy (non-hydrogen) atoms. The van der Waals surface area contributed by atoms with Gasteiger partial charge in [-0.15, -0.1) is 11.3 Å². The topological polar surface area (TPSA) is 30.7 Å². The van der Waals surface area contributed by atoms with Crippen LogP contribution in [0.4, 0.5) is 0 Å². The predicted octanol–water partition coefficient (Wildman–Crippen LogP) is 12.1. The molecule has 0 spiro atoms. The van der Waals surface area contributed by atoms with Gasteiger partial charge in [-0.1, -0.05) is 140 Å². The van der Waals surface area contributed by atoms with E-state index in [1.54, 1.807) is 0 Å². The highest BCUT2D eigenvalue weighted by Gasteiger charge is 2.20. The lowest BCUT2D eigenvalue weighted by Gasteiger charge is -2.14. The van der Waals surface area contributed by atoms with Crippen molar-refractivity contribution in [2.24, 2.45) is 0 Å². The van der Waals surface area contributed by atoms with Crippen LogP contribution in [0.25, 0.3) is 92.3 Å². The lowest BCUT2D eigenvalue weighted by molar-refractivity contribution is 1.01. The molecule has 0 radical (unpaired) electrons. The quantitative estimate of drug-likeness (QED) is 0.194. The first kappa shape index (κ1) is 27.1. The zero-order valence-corrected chi connectivity index (χ0v) is 26.7. The molecule has 0 N–H and O–H groups in total. The smallest absolute Gasteiger partial charge is 0.235 e. The molecule has 0 saturated carbocycles. The maximum atomic E-state index is 5.32. The third-order valence-electron chi connectivity index (χ3n) is 9.42. The van der Waals surface area contributed by atoms with Gasteiger partial charge in [-0.3, -0.25) is 4.57 Å². The normalized spacial score (nSPS) is 11.8.